The number of rotatable bonds is 4. The quantitative estimate of drug-likeness (QED) is 0.831. The first kappa shape index (κ1) is 13.7. The van der Waals surface area contributed by atoms with Gasteiger partial charge in [0.05, 0.1) is 10.7 Å². The molecule has 2 rings (SSSR count). The van der Waals surface area contributed by atoms with Crippen LogP contribution in [0, 0.1) is 5.82 Å². The predicted octanol–water partition coefficient (Wildman–Crippen LogP) is 4.59. The highest BCUT2D eigenvalue weighted by atomic mass is 35.5. The van der Waals surface area contributed by atoms with Gasteiger partial charge in [0.15, 0.2) is 0 Å². The number of benzene rings is 2. The van der Waals surface area contributed by atoms with Gasteiger partial charge in [0.25, 0.3) is 0 Å². The highest BCUT2D eigenvalue weighted by Crippen LogP contribution is 2.30. The van der Waals surface area contributed by atoms with Crippen LogP contribution in [0.5, 0.6) is 5.75 Å². The largest absolute Gasteiger partial charge is 0.486 e. The van der Waals surface area contributed by atoms with E-state index in [1.54, 1.807) is 36.4 Å². The zero-order valence-electron chi connectivity index (χ0n) is 10.6. The fraction of sp³-hybridized carbons (Fsp3) is 0.200. The molecular formula is C15H15ClFNO. The van der Waals surface area contributed by atoms with Crippen molar-refractivity contribution in [1.29, 1.82) is 0 Å². The first-order chi connectivity index (χ1) is 9.11. The van der Waals surface area contributed by atoms with Crippen LogP contribution in [0.4, 0.5) is 10.1 Å². The molecule has 2 nitrogen and oxygen atoms in total. The molecule has 100 valence electrons. The zero-order valence-corrected chi connectivity index (χ0v) is 11.3. The molecule has 2 aromatic rings. The molecule has 2 aromatic carbocycles. The third-order valence-corrected chi connectivity index (χ3v) is 3.21. The van der Waals surface area contributed by atoms with Crippen LogP contribution in [0.3, 0.4) is 0 Å². The van der Waals surface area contributed by atoms with Crippen LogP contribution >= 0.6 is 11.6 Å². The van der Waals surface area contributed by atoms with Gasteiger partial charge < -0.3 is 10.5 Å². The summed E-state index contributed by atoms with van der Waals surface area (Å²) >= 11 is 5.85. The van der Waals surface area contributed by atoms with Crippen molar-refractivity contribution in [3.05, 3.63) is 58.9 Å². The Morgan fingerprint density at radius 1 is 1.26 bits per heavy atom. The molecule has 0 fully saturated rings. The molecule has 0 aliphatic rings. The third-order valence-electron chi connectivity index (χ3n) is 2.87. The summed E-state index contributed by atoms with van der Waals surface area (Å²) < 4.78 is 19.5. The second-order valence-electron chi connectivity index (χ2n) is 4.22. The smallest absolute Gasteiger partial charge is 0.130 e. The summed E-state index contributed by atoms with van der Waals surface area (Å²) in [4.78, 5) is 0. The van der Waals surface area contributed by atoms with Crippen LogP contribution in [0.2, 0.25) is 5.02 Å². The van der Waals surface area contributed by atoms with Crippen LogP contribution in [-0.4, -0.2) is 0 Å². The van der Waals surface area contributed by atoms with Crippen LogP contribution in [-0.2, 0) is 0 Å². The highest BCUT2D eigenvalue weighted by molar-refractivity contribution is 6.33. The van der Waals surface area contributed by atoms with Gasteiger partial charge >= 0.3 is 0 Å². The fourth-order valence-electron chi connectivity index (χ4n) is 1.86. The molecule has 0 spiro atoms. The van der Waals surface area contributed by atoms with Crippen molar-refractivity contribution < 1.29 is 9.13 Å². The minimum Gasteiger partial charge on any atom is -0.486 e. The maximum absolute atomic E-state index is 13.7. The molecule has 0 aliphatic carbocycles. The monoisotopic (exact) mass is 279 g/mol. The molecule has 2 N–H and O–H groups in total. The Morgan fingerprint density at radius 2 is 2.00 bits per heavy atom. The molecule has 19 heavy (non-hydrogen) atoms. The average molecular weight is 280 g/mol. The summed E-state index contributed by atoms with van der Waals surface area (Å²) in [7, 11) is 0. The normalized spacial score (nSPS) is 12.2. The topological polar surface area (TPSA) is 35.2 Å². The average Bonchev–Trinajstić information content (AvgIpc) is 2.41. The van der Waals surface area contributed by atoms with E-state index in [-0.39, 0.29) is 11.9 Å². The van der Waals surface area contributed by atoms with Crippen LogP contribution in [0.1, 0.15) is 25.0 Å². The molecule has 0 saturated heterocycles. The first-order valence-corrected chi connectivity index (χ1v) is 6.45. The number of hydrogen-bond acceptors (Lipinski definition) is 2. The second kappa shape index (κ2) is 5.93. The summed E-state index contributed by atoms with van der Waals surface area (Å²) in [6.07, 6.45) is 0.311. The van der Waals surface area contributed by atoms with Gasteiger partial charge in [-0.3, -0.25) is 0 Å². The molecule has 1 atom stereocenters. The second-order valence-corrected chi connectivity index (χ2v) is 4.63. The predicted molar refractivity (Wildman–Crippen MR) is 75.9 cm³/mol. The Morgan fingerprint density at radius 3 is 2.63 bits per heavy atom. The van der Waals surface area contributed by atoms with Gasteiger partial charge in [0, 0.05) is 11.6 Å². The van der Waals surface area contributed by atoms with Crippen LogP contribution in [0.15, 0.2) is 42.5 Å². The lowest BCUT2D eigenvalue weighted by atomic mass is 10.1. The van der Waals surface area contributed by atoms with Crippen LogP contribution < -0.4 is 10.5 Å². The van der Waals surface area contributed by atoms with E-state index in [4.69, 9.17) is 22.1 Å². The van der Waals surface area contributed by atoms with E-state index in [0.717, 1.165) is 0 Å². The Labute approximate surface area is 117 Å². The van der Waals surface area contributed by atoms with E-state index in [2.05, 4.69) is 0 Å². The van der Waals surface area contributed by atoms with Gasteiger partial charge in [-0.05, 0) is 24.6 Å². The lowest BCUT2D eigenvalue weighted by molar-refractivity contribution is 0.196. The fourth-order valence-corrected chi connectivity index (χ4v) is 1.98. The van der Waals surface area contributed by atoms with Crippen molar-refractivity contribution in [3.63, 3.8) is 0 Å². The van der Waals surface area contributed by atoms with Gasteiger partial charge in [-0.25, -0.2) is 4.39 Å². The van der Waals surface area contributed by atoms with Gasteiger partial charge in [-0.15, -0.1) is 0 Å². The van der Waals surface area contributed by atoms with Gasteiger partial charge in [-0.1, -0.05) is 36.7 Å². The summed E-state index contributed by atoms with van der Waals surface area (Å²) in [6.45, 7) is 1.94. The van der Waals surface area contributed by atoms with Crippen molar-refractivity contribution in [2.24, 2.45) is 0 Å². The Kier molecular flexibility index (Phi) is 4.27. The van der Waals surface area contributed by atoms with Crippen molar-refractivity contribution in [2.75, 3.05) is 5.73 Å². The number of nitrogen functional groups attached to an aromatic ring is 1. The minimum atomic E-state index is -0.346. The summed E-state index contributed by atoms with van der Waals surface area (Å²) in [5, 5.41) is 0.478. The van der Waals surface area contributed by atoms with Crippen molar-refractivity contribution >= 4 is 17.3 Å². The minimum absolute atomic E-state index is 0.267. The molecule has 0 amide bonds. The van der Waals surface area contributed by atoms with Crippen molar-refractivity contribution in [1.82, 2.24) is 0 Å². The maximum atomic E-state index is 13.7. The molecule has 0 aliphatic heterocycles. The van der Waals surface area contributed by atoms with E-state index in [9.17, 15) is 4.39 Å². The molecule has 0 aromatic heterocycles. The molecule has 4 heteroatoms. The third kappa shape index (κ3) is 3.18. The van der Waals surface area contributed by atoms with Crippen molar-refractivity contribution in [3.8, 4) is 5.75 Å². The molecule has 0 heterocycles. The van der Waals surface area contributed by atoms with E-state index in [1.165, 1.54) is 6.07 Å². The van der Waals surface area contributed by atoms with Crippen molar-refractivity contribution in [2.45, 2.75) is 19.4 Å². The van der Waals surface area contributed by atoms with Gasteiger partial charge in [0.1, 0.15) is 17.7 Å². The molecule has 0 saturated carbocycles. The summed E-state index contributed by atoms with van der Waals surface area (Å²) in [5.41, 5.74) is 6.71. The molecule has 0 bridgehead atoms. The zero-order chi connectivity index (χ0) is 13.8. The lowest BCUT2D eigenvalue weighted by Gasteiger charge is -2.19. The standard InChI is InChI=1S/C15H15ClFNO/c1-2-15(11-5-3-4-6-13(11)17)19-10-7-8-12(16)14(18)9-10/h3-9,15H,2,18H2,1H3. The van der Waals surface area contributed by atoms with E-state index < -0.39 is 0 Å². The molecular weight excluding hydrogens is 265 g/mol. The van der Waals surface area contributed by atoms with E-state index in [1.807, 2.05) is 6.92 Å². The molecule has 1 unspecified atom stereocenters. The Balaban J connectivity index is 2.24. The first-order valence-electron chi connectivity index (χ1n) is 6.08. The van der Waals surface area contributed by atoms with Gasteiger partial charge in [-0.2, -0.15) is 0 Å². The Bertz CT molecular complexity index is 574. The SMILES string of the molecule is CCC(Oc1ccc(Cl)c(N)c1)c1ccccc1F. The summed E-state index contributed by atoms with van der Waals surface area (Å²) in [5.74, 6) is 0.313. The number of hydrogen-bond donors (Lipinski definition) is 1. The van der Waals surface area contributed by atoms with E-state index >= 15 is 0 Å². The van der Waals surface area contributed by atoms with E-state index in [0.29, 0.717) is 28.4 Å². The number of nitrogens with two attached hydrogens (primary N) is 1. The number of ether oxygens (including phenoxy) is 1. The maximum Gasteiger partial charge on any atom is 0.130 e. The Hall–Kier alpha value is -1.74. The lowest BCUT2D eigenvalue weighted by Crippen LogP contribution is -2.08. The summed E-state index contributed by atoms with van der Waals surface area (Å²) in [6, 6.07) is 11.6. The van der Waals surface area contributed by atoms with Gasteiger partial charge in [0.2, 0.25) is 0 Å². The van der Waals surface area contributed by atoms with Crippen LogP contribution in [0.25, 0.3) is 0 Å². The highest BCUT2D eigenvalue weighted by Gasteiger charge is 2.15. The molecule has 0 radical (unpaired) electrons. The number of halogens is 2. The number of anilines is 1.